The smallest absolute Gasteiger partial charge is 0.328 e. The fourth-order valence-electron chi connectivity index (χ4n) is 7.34. The van der Waals surface area contributed by atoms with Crippen molar-refractivity contribution < 1.29 is 19.1 Å². The Morgan fingerprint density at radius 2 is 1.02 bits per heavy atom. The van der Waals surface area contributed by atoms with Crippen molar-refractivity contribution in [2.24, 2.45) is 0 Å². The van der Waals surface area contributed by atoms with Crippen molar-refractivity contribution in [1.29, 1.82) is 0 Å². The first-order chi connectivity index (χ1) is 24.9. The molecule has 4 aromatic rings. The Bertz CT molecular complexity index is 1640. The summed E-state index contributed by atoms with van der Waals surface area (Å²) in [5.74, 6) is -0.292. The van der Waals surface area contributed by atoms with E-state index in [0.29, 0.717) is 0 Å². The predicted octanol–water partition coefficient (Wildman–Crippen LogP) is 8.57. The van der Waals surface area contributed by atoms with Gasteiger partial charge in [0.2, 0.25) is 0 Å². The average Bonchev–Trinajstić information content (AvgIpc) is 3.75. The van der Waals surface area contributed by atoms with Crippen LogP contribution in [0, 0.1) is 13.8 Å². The maximum absolute atomic E-state index is 13.2. The lowest BCUT2D eigenvalue weighted by atomic mass is 9.97. The molecule has 2 aliphatic rings. The lowest BCUT2D eigenvalue weighted by molar-refractivity contribution is -0.157. The maximum Gasteiger partial charge on any atom is 0.328 e. The molecule has 0 saturated heterocycles. The summed E-state index contributed by atoms with van der Waals surface area (Å²) >= 11 is 3.63. The molecule has 8 nitrogen and oxygen atoms in total. The molecule has 4 heterocycles. The van der Waals surface area contributed by atoms with Crippen LogP contribution in [0.5, 0.6) is 0 Å². The van der Waals surface area contributed by atoms with Crippen LogP contribution in [0.3, 0.4) is 0 Å². The summed E-state index contributed by atoms with van der Waals surface area (Å²) in [7, 11) is 7.97. The van der Waals surface area contributed by atoms with Crippen molar-refractivity contribution in [3.8, 4) is 0 Å². The number of benzene rings is 2. The number of rotatable bonds is 12. The Labute approximate surface area is 333 Å². The molecule has 54 heavy (non-hydrogen) atoms. The van der Waals surface area contributed by atoms with E-state index in [1.807, 2.05) is 98.8 Å². The number of thiophene rings is 2. The van der Waals surface area contributed by atoms with Gasteiger partial charge in [-0.1, -0.05) is 63.4 Å². The van der Waals surface area contributed by atoms with Crippen LogP contribution in [0.15, 0.2) is 71.4 Å². The summed E-state index contributed by atoms with van der Waals surface area (Å²) in [4.78, 5) is 37.8. The van der Waals surface area contributed by atoms with E-state index in [4.69, 9.17) is 9.47 Å². The van der Waals surface area contributed by atoms with Crippen molar-refractivity contribution in [3.05, 3.63) is 115 Å². The van der Waals surface area contributed by atoms with E-state index < -0.39 is 0 Å². The summed E-state index contributed by atoms with van der Waals surface area (Å²) in [5, 5.41) is 4.29. The lowest BCUT2D eigenvalue weighted by Gasteiger charge is -2.34. The second-order valence-electron chi connectivity index (χ2n) is 14.7. The number of carbonyl (C=O) groups is 2. The van der Waals surface area contributed by atoms with Gasteiger partial charge in [-0.15, -0.1) is 22.7 Å². The summed E-state index contributed by atoms with van der Waals surface area (Å²) in [6, 6.07) is 20.0. The highest BCUT2D eigenvalue weighted by molar-refractivity contribution is 7.10. The number of nitrogens with zero attached hydrogens (tertiary/aromatic N) is 4. The van der Waals surface area contributed by atoms with E-state index >= 15 is 0 Å². The van der Waals surface area contributed by atoms with Crippen LogP contribution in [0.25, 0.3) is 0 Å². The molecular formula is C44H64N4O4S2. The quantitative estimate of drug-likeness (QED) is 0.133. The largest absolute Gasteiger partial charge is 0.460 e. The molecule has 10 heteroatoms. The molecule has 0 N–H and O–H groups in total. The lowest BCUT2D eigenvalue weighted by Crippen LogP contribution is -2.40. The van der Waals surface area contributed by atoms with Crippen LogP contribution >= 0.6 is 22.7 Å². The number of esters is 2. The van der Waals surface area contributed by atoms with Gasteiger partial charge in [-0.3, -0.25) is 9.80 Å². The molecule has 0 saturated carbocycles. The normalized spacial score (nSPS) is 16.3. The zero-order valence-corrected chi connectivity index (χ0v) is 33.8. The zero-order valence-electron chi connectivity index (χ0n) is 32.1. The number of hydrogen-bond donors (Lipinski definition) is 0. The van der Waals surface area contributed by atoms with Gasteiger partial charge in [-0.25, -0.2) is 9.59 Å². The second kappa shape index (κ2) is 21.1. The van der Waals surface area contributed by atoms with E-state index in [0.717, 1.165) is 74.4 Å². The number of carbonyl (C=O) groups excluding carboxylic acids is 2. The van der Waals surface area contributed by atoms with Crippen LogP contribution in [0.2, 0.25) is 0 Å². The van der Waals surface area contributed by atoms with Gasteiger partial charge < -0.3 is 19.3 Å². The molecule has 0 spiro atoms. The van der Waals surface area contributed by atoms with Crippen LogP contribution in [-0.4, -0.2) is 98.1 Å². The summed E-state index contributed by atoms with van der Waals surface area (Å²) in [5.41, 5.74) is 7.04. The minimum absolute atomic E-state index is 0. The van der Waals surface area contributed by atoms with E-state index in [1.165, 1.54) is 20.9 Å². The highest BCUT2D eigenvalue weighted by atomic mass is 32.1. The number of aryl methyl sites for hydroxylation is 2. The molecule has 0 amide bonds. The zero-order chi connectivity index (χ0) is 37.4. The molecule has 0 aliphatic carbocycles. The van der Waals surface area contributed by atoms with Crippen LogP contribution in [-0.2, 0) is 45.0 Å². The van der Waals surface area contributed by atoms with Crippen molar-refractivity contribution in [2.45, 2.75) is 92.8 Å². The first-order valence-electron chi connectivity index (χ1n) is 18.3. The van der Waals surface area contributed by atoms with Gasteiger partial charge in [-0.2, -0.15) is 0 Å². The second-order valence-corrected chi connectivity index (χ2v) is 16.7. The molecule has 2 aromatic carbocycles. The van der Waals surface area contributed by atoms with Crippen molar-refractivity contribution in [3.63, 3.8) is 0 Å². The molecule has 0 bridgehead atoms. The number of ether oxygens (including phenoxy) is 2. The van der Waals surface area contributed by atoms with Crippen LogP contribution < -0.4 is 0 Å². The highest BCUT2D eigenvalue weighted by Crippen LogP contribution is 2.34. The van der Waals surface area contributed by atoms with Gasteiger partial charge in [0.05, 0.1) is 0 Å². The Morgan fingerprint density at radius 3 is 1.37 bits per heavy atom. The van der Waals surface area contributed by atoms with Crippen molar-refractivity contribution in [2.75, 3.05) is 54.4 Å². The molecular weight excluding hydrogens is 713 g/mol. The monoisotopic (exact) mass is 776 g/mol. The fraction of sp³-hybridized carbons (Fsp3) is 0.500. The summed E-state index contributed by atoms with van der Waals surface area (Å²) in [6.07, 6.45) is 1.72. The molecule has 2 aromatic heterocycles. The van der Waals surface area contributed by atoms with Gasteiger partial charge in [0.15, 0.2) is 0 Å². The third-order valence-electron chi connectivity index (χ3n) is 9.70. The molecule has 0 unspecified atom stereocenters. The third kappa shape index (κ3) is 11.8. The Balaban J connectivity index is 0.000000280. The Hall–Kier alpha value is -3.38. The molecule has 2 aliphatic heterocycles. The van der Waals surface area contributed by atoms with Crippen LogP contribution in [0.1, 0.15) is 83.9 Å². The fourth-order valence-corrected chi connectivity index (χ4v) is 9.12. The Morgan fingerprint density at radius 1 is 0.648 bits per heavy atom. The molecule has 4 atom stereocenters. The van der Waals surface area contributed by atoms with E-state index in [1.54, 1.807) is 0 Å². The molecule has 0 fully saturated rings. The van der Waals surface area contributed by atoms with Gasteiger partial charge >= 0.3 is 11.9 Å². The number of fused-ring (bicyclic) bond motifs is 2. The maximum atomic E-state index is 13.2. The van der Waals surface area contributed by atoms with Gasteiger partial charge in [0.1, 0.15) is 24.3 Å². The highest BCUT2D eigenvalue weighted by Gasteiger charge is 2.35. The first-order valence-corrected chi connectivity index (χ1v) is 20.1. The number of likely N-dealkylation sites (N-methyl/N-ethyl adjacent to an activating group) is 2. The molecule has 6 rings (SSSR count). The first kappa shape index (κ1) is 45.0. The van der Waals surface area contributed by atoms with Gasteiger partial charge in [-0.05, 0) is 125 Å². The van der Waals surface area contributed by atoms with E-state index in [9.17, 15) is 9.59 Å². The van der Waals surface area contributed by atoms with Gasteiger partial charge in [0, 0.05) is 49.0 Å². The minimum atomic E-state index is -0.353. The van der Waals surface area contributed by atoms with E-state index in [2.05, 4.69) is 70.8 Å². The van der Waals surface area contributed by atoms with Gasteiger partial charge in [0.25, 0.3) is 0 Å². The Kier molecular flexibility index (Phi) is 17.6. The third-order valence-corrected chi connectivity index (χ3v) is 11.7. The summed E-state index contributed by atoms with van der Waals surface area (Å²) < 4.78 is 11.7. The number of hydrogen-bond acceptors (Lipinski definition) is 10. The SMILES string of the molecule is C.C.Cc1ccccc1[C@@H](C(=O)O[C@H](C)CN(C)C)N1CCc2sccc2C1.Cc1ccccc1[C@H](C(=O)O[C@H](C)CN(C)C)N1CCc2sccc2C1. The minimum Gasteiger partial charge on any atom is -0.460 e. The molecule has 296 valence electrons. The molecule has 0 radical (unpaired) electrons. The predicted molar refractivity (Wildman–Crippen MR) is 226 cm³/mol. The summed E-state index contributed by atoms with van der Waals surface area (Å²) in [6.45, 7) is 12.9. The van der Waals surface area contributed by atoms with Crippen molar-refractivity contribution >= 4 is 34.6 Å². The van der Waals surface area contributed by atoms with E-state index in [-0.39, 0.29) is 51.1 Å². The average molecular weight is 777 g/mol. The standard InChI is InChI=1S/2C21H28N2O2S.2CH4/c2*1-15-7-5-6-8-18(15)20(21(24)25-16(2)13-22(3)4)23-11-9-19-17(14-23)10-12-26-19;;/h2*5-8,10,12,16,20H,9,11,13-14H2,1-4H3;2*1H4/t16-,20+;16-,20-;;/m11../s1. The topological polar surface area (TPSA) is 65.6 Å². The van der Waals surface area contributed by atoms with Crippen LogP contribution in [0.4, 0.5) is 0 Å². The van der Waals surface area contributed by atoms with Crippen molar-refractivity contribution in [1.82, 2.24) is 19.6 Å².